The second kappa shape index (κ2) is 4.91. The third-order valence-corrected chi connectivity index (χ3v) is 3.93. The normalized spacial score (nSPS) is 23.5. The summed E-state index contributed by atoms with van der Waals surface area (Å²) >= 11 is 0. The Labute approximate surface area is 125 Å². The lowest BCUT2D eigenvalue weighted by molar-refractivity contribution is 0.0635. The highest BCUT2D eigenvalue weighted by molar-refractivity contribution is 5.87. The fourth-order valence-corrected chi connectivity index (χ4v) is 2.58. The van der Waals surface area contributed by atoms with E-state index in [1.54, 1.807) is 32.9 Å². The molecule has 0 saturated heterocycles. The van der Waals surface area contributed by atoms with E-state index in [1.807, 2.05) is 6.07 Å². The van der Waals surface area contributed by atoms with Gasteiger partial charge in [0.25, 0.3) is 0 Å². The van der Waals surface area contributed by atoms with Crippen LogP contribution in [0.1, 0.15) is 46.1 Å². The van der Waals surface area contributed by atoms with Crippen LogP contribution in [0.25, 0.3) is 0 Å². The van der Waals surface area contributed by atoms with E-state index in [2.05, 4.69) is 19.2 Å². The first-order valence-corrected chi connectivity index (χ1v) is 7.11. The molecular formula is C16H24N2O3. The van der Waals surface area contributed by atoms with E-state index in [4.69, 9.17) is 10.5 Å². The fourth-order valence-electron chi connectivity index (χ4n) is 2.58. The van der Waals surface area contributed by atoms with Crippen LogP contribution in [0.15, 0.2) is 18.2 Å². The lowest BCUT2D eigenvalue weighted by Crippen LogP contribution is -2.27. The first-order chi connectivity index (χ1) is 9.52. The molecule has 0 radical (unpaired) electrons. The Morgan fingerprint density at radius 3 is 2.38 bits per heavy atom. The van der Waals surface area contributed by atoms with Gasteiger partial charge in [-0.2, -0.15) is 0 Å². The van der Waals surface area contributed by atoms with Gasteiger partial charge in [-0.25, -0.2) is 4.79 Å². The van der Waals surface area contributed by atoms with Crippen molar-refractivity contribution in [2.24, 2.45) is 11.1 Å². The number of ether oxygens (including phenoxy) is 1. The Kier molecular flexibility index (Phi) is 3.66. The third-order valence-electron chi connectivity index (χ3n) is 3.93. The molecular weight excluding hydrogens is 268 g/mol. The lowest BCUT2D eigenvalue weighted by Gasteiger charge is -2.20. The van der Waals surface area contributed by atoms with E-state index >= 15 is 0 Å². The summed E-state index contributed by atoms with van der Waals surface area (Å²) in [5.74, 6) is 0.257. The number of hydrogen-bond acceptors (Lipinski definition) is 4. The molecule has 1 fully saturated rings. The highest BCUT2D eigenvalue weighted by Crippen LogP contribution is 2.57. The number of nitrogens with one attached hydrogen (secondary N) is 1. The molecule has 1 aliphatic carbocycles. The Bertz CT molecular complexity index is 561. The summed E-state index contributed by atoms with van der Waals surface area (Å²) < 4.78 is 5.16. The number of benzene rings is 1. The predicted octanol–water partition coefficient (Wildman–Crippen LogP) is 3.19. The molecule has 1 saturated carbocycles. The van der Waals surface area contributed by atoms with Gasteiger partial charge < -0.3 is 15.6 Å². The average Bonchev–Trinajstić information content (AvgIpc) is 2.78. The number of amides is 1. The van der Waals surface area contributed by atoms with Crippen LogP contribution in [0.3, 0.4) is 0 Å². The van der Waals surface area contributed by atoms with Crippen molar-refractivity contribution >= 4 is 11.8 Å². The fraction of sp³-hybridized carbons (Fsp3) is 0.562. The highest BCUT2D eigenvalue weighted by atomic mass is 16.6. The first kappa shape index (κ1) is 15.6. The number of carbonyl (C=O) groups is 1. The molecule has 4 N–H and O–H groups in total. The van der Waals surface area contributed by atoms with Crippen LogP contribution in [-0.2, 0) is 4.74 Å². The van der Waals surface area contributed by atoms with Gasteiger partial charge in [0, 0.05) is 12.0 Å². The minimum absolute atomic E-state index is 0.0215. The predicted molar refractivity (Wildman–Crippen MR) is 82.5 cm³/mol. The standard InChI is InChI=1S/C16H24N2O3/c1-15(2,3)21-14(20)18-10-7-6-9(8-11(10)19)12-13(17)16(12,4)5/h6-8,12-13,19H,17H2,1-5H3,(H,18,20). The zero-order chi connectivity index (χ0) is 16.0. The monoisotopic (exact) mass is 292 g/mol. The van der Waals surface area contributed by atoms with Crippen LogP contribution in [0.2, 0.25) is 0 Å². The Balaban J connectivity index is 2.09. The van der Waals surface area contributed by atoms with E-state index in [-0.39, 0.29) is 23.1 Å². The van der Waals surface area contributed by atoms with Gasteiger partial charge in [-0.1, -0.05) is 19.9 Å². The Hall–Kier alpha value is -1.75. The minimum Gasteiger partial charge on any atom is -0.506 e. The van der Waals surface area contributed by atoms with Gasteiger partial charge in [0.15, 0.2) is 0 Å². The minimum atomic E-state index is -0.589. The van der Waals surface area contributed by atoms with Crippen molar-refractivity contribution in [1.29, 1.82) is 0 Å². The molecule has 1 aliphatic rings. The van der Waals surface area contributed by atoms with Crippen molar-refractivity contribution in [2.75, 3.05) is 5.32 Å². The molecule has 2 unspecified atom stereocenters. The summed E-state index contributed by atoms with van der Waals surface area (Å²) in [6, 6.07) is 5.31. The molecule has 0 heterocycles. The number of carbonyl (C=O) groups excluding carboxylic acids is 1. The summed E-state index contributed by atoms with van der Waals surface area (Å²) in [5.41, 5.74) is 6.83. The van der Waals surface area contributed by atoms with E-state index in [0.717, 1.165) is 5.56 Å². The van der Waals surface area contributed by atoms with E-state index in [9.17, 15) is 9.90 Å². The second-order valence-corrected chi connectivity index (χ2v) is 7.23. The third kappa shape index (κ3) is 3.29. The second-order valence-electron chi connectivity index (χ2n) is 7.23. The smallest absolute Gasteiger partial charge is 0.412 e. The van der Waals surface area contributed by atoms with Gasteiger partial charge in [0.05, 0.1) is 5.69 Å². The van der Waals surface area contributed by atoms with E-state index < -0.39 is 11.7 Å². The van der Waals surface area contributed by atoms with Crippen molar-refractivity contribution in [3.05, 3.63) is 23.8 Å². The summed E-state index contributed by atoms with van der Waals surface area (Å²) in [7, 11) is 0. The lowest BCUT2D eigenvalue weighted by atomic mass is 10.0. The van der Waals surface area contributed by atoms with Crippen LogP contribution < -0.4 is 11.1 Å². The van der Waals surface area contributed by atoms with Crippen molar-refractivity contribution in [1.82, 2.24) is 0 Å². The maximum absolute atomic E-state index is 11.7. The zero-order valence-corrected chi connectivity index (χ0v) is 13.2. The molecule has 5 nitrogen and oxygen atoms in total. The zero-order valence-electron chi connectivity index (χ0n) is 13.2. The summed E-state index contributed by atoms with van der Waals surface area (Å²) in [6.45, 7) is 9.56. The maximum Gasteiger partial charge on any atom is 0.412 e. The van der Waals surface area contributed by atoms with Crippen LogP contribution in [0.4, 0.5) is 10.5 Å². The topological polar surface area (TPSA) is 84.6 Å². The van der Waals surface area contributed by atoms with Crippen molar-refractivity contribution < 1.29 is 14.6 Å². The molecule has 2 rings (SSSR count). The number of hydrogen-bond donors (Lipinski definition) is 3. The van der Waals surface area contributed by atoms with Crippen molar-refractivity contribution in [2.45, 2.75) is 52.2 Å². The maximum atomic E-state index is 11.7. The van der Waals surface area contributed by atoms with Crippen molar-refractivity contribution in [3.8, 4) is 5.75 Å². The molecule has 1 amide bonds. The SMILES string of the molecule is CC(C)(C)OC(=O)Nc1ccc(C2C(N)C2(C)C)cc1O. The molecule has 1 aromatic rings. The van der Waals surface area contributed by atoms with Crippen LogP contribution in [0, 0.1) is 5.41 Å². The first-order valence-electron chi connectivity index (χ1n) is 7.11. The number of aromatic hydroxyl groups is 1. The van der Waals surface area contributed by atoms with Crippen molar-refractivity contribution in [3.63, 3.8) is 0 Å². The molecule has 2 atom stereocenters. The number of anilines is 1. The van der Waals surface area contributed by atoms with Crippen LogP contribution in [0.5, 0.6) is 5.75 Å². The molecule has 116 valence electrons. The van der Waals surface area contributed by atoms with Gasteiger partial charge in [-0.3, -0.25) is 5.32 Å². The molecule has 0 spiro atoms. The van der Waals surface area contributed by atoms with Gasteiger partial charge >= 0.3 is 6.09 Å². The molecule has 21 heavy (non-hydrogen) atoms. The Morgan fingerprint density at radius 1 is 1.38 bits per heavy atom. The highest BCUT2D eigenvalue weighted by Gasteiger charge is 2.56. The molecule has 0 aromatic heterocycles. The van der Waals surface area contributed by atoms with Gasteiger partial charge in [0.1, 0.15) is 11.4 Å². The van der Waals surface area contributed by atoms with E-state index in [0.29, 0.717) is 5.69 Å². The van der Waals surface area contributed by atoms with E-state index in [1.165, 1.54) is 0 Å². The largest absolute Gasteiger partial charge is 0.506 e. The molecule has 1 aromatic carbocycles. The van der Waals surface area contributed by atoms with Gasteiger partial charge in [0.2, 0.25) is 0 Å². The average molecular weight is 292 g/mol. The number of phenols is 1. The summed E-state index contributed by atoms with van der Waals surface area (Å²) in [4.78, 5) is 11.7. The quantitative estimate of drug-likeness (QED) is 0.731. The molecule has 0 bridgehead atoms. The summed E-state index contributed by atoms with van der Waals surface area (Å²) in [6.07, 6.45) is -0.589. The van der Waals surface area contributed by atoms with Gasteiger partial charge in [-0.15, -0.1) is 0 Å². The molecule has 5 heteroatoms. The number of rotatable bonds is 2. The number of phenolic OH excluding ortho intramolecular Hbond substituents is 1. The van der Waals surface area contributed by atoms with Crippen LogP contribution >= 0.6 is 0 Å². The number of nitrogens with two attached hydrogens (primary N) is 1. The van der Waals surface area contributed by atoms with Crippen LogP contribution in [-0.4, -0.2) is 22.8 Å². The van der Waals surface area contributed by atoms with Gasteiger partial charge in [-0.05, 0) is 43.9 Å². The molecule has 0 aliphatic heterocycles. The Morgan fingerprint density at radius 2 is 1.95 bits per heavy atom. The summed E-state index contributed by atoms with van der Waals surface area (Å²) in [5, 5.41) is 12.6.